The number of anilines is 2. The maximum atomic E-state index is 6.15. The molecule has 26 heavy (non-hydrogen) atoms. The zero-order valence-corrected chi connectivity index (χ0v) is 14.0. The van der Waals surface area contributed by atoms with Crippen LogP contribution in [0.4, 0.5) is 11.6 Å². The Hall–Kier alpha value is -3.52. The molecule has 5 heterocycles. The molecule has 8 nitrogen and oxygen atoms in total. The first-order valence-electron chi connectivity index (χ1n) is 7.81. The standard InChI is InChI=1S/C17H11ClN8/c18-13-9-21-14-2-1-12(25-26(13)14)15-11-5-8-20-16(11)24-17(23-15)22-10-3-6-19-7-4-10/h1-9H,(H2,19,20,22,23,24). The van der Waals surface area contributed by atoms with Crippen LogP contribution >= 0.6 is 11.6 Å². The summed E-state index contributed by atoms with van der Waals surface area (Å²) >= 11 is 6.15. The van der Waals surface area contributed by atoms with Crippen molar-refractivity contribution in [1.29, 1.82) is 0 Å². The number of fused-ring (bicyclic) bond motifs is 2. The Kier molecular flexibility index (Phi) is 3.29. The third-order valence-electron chi connectivity index (χ3n) is 3.92. The van der Waals surface area contributed by atoms with Crippen LogP contribution in [-0.2, 0) is 0 Å². The van der Waals surface area contributed by atoms with Gasteiger partial charge in [-0.1, -0.05) is 11.6 Å². The molecule has 0 aromatic carbocycles. The number of nitrogens with zero attached hydrogens (tertiary/aromatic N) is 6. The van der Waals surface area contributed by atoms with Gasteiger partial charge >= 0.3 is 0 Å². The van der Waals surface area contributed by atoms with Crippen LogP contribution in [-0.4, -0.2) is 34.5 Å². The van der Waals surface area contributed by atoms with Gasteiger partial charge in [0.05, 0.1) is 6.20 Å². The summed E-state index contributed by atoms with van der Waals surface area (Å²) in [6.45, 7) is 0. The number of rotatable bonds is 3. The smallest absolute Gasteiger partial charge is 0.229 e. The Balaban J connectivity index is 1.67. The predicted octanol–water partition coefficient (Wildman–Crippen LogP) is 3.46. The van der Waals surface area contributed by atoms with Crippen molar-refractivity contribution in [3.05, 3.63) is 60.3 Å². The van der Waals surface area contributed by atoms with E-state index in [0.29, 0.717) is 33.8 Å². The van der Waals surface area contributed by atoms with Crippen molar-refractivity contribution in [2.24, 2.45) is 0 Å². The van der Waals surface area contributed by atoms with E-state index >= 15 is 0 Å². The fourth-order valence-corrected chi connectivity index (χ4v) is 2.90. The van der Waals surface area contributed by atoms with Crippen LogP contribution in [0, 0.1) is 0 Å². The first-order chi connectivity index (χ1) is 12.8. The summed E-state index contributed by atoms with van der Waals surface area (Å²) in [4.78, 5) is 20.5. The van der Waals surface area contributed by atoms with Gasteiger partial charge in [0.2, 0.25) is 5.95 Å². The van der Waals surface area contributed by atoms with Gasteiger partial charge in [-0.15, -0.1) is 0 Å². The Morgan fingerprint density at radius 3 is 2.81 bits per heavy atom. The van der Waals surface area contributed by atoms with E-state index in [0.717, 1.165) is 11.1 Å². The van der Waals surface area contributed by atoms with Crippen molar-refractivity contribution < 1.29 is 0 Å². The summed E-state index contributed by atoms with van der Waals surface area (Å²) in [7, 11) is 0. The summed E-state index contributed by atoms with van der Waals surface area (Å²) in [5, 5.41) is 9.06. The second kappa shape index (κ2) is 5.78. The topological polar surface area (TPSA) is 96.7 Å². The third-order valence-corrected chi connectivity index (χ3v) is 4.17. The van der Waals surface area contributed by atoms with Gasteiger partial charge in [-0.2, -0.15) is 10.1 Å². The van der Waals surface area contributed by atoms with E-state index in [2.05, 4.69) is 35.3 Å². The largest absolute Gasteiger partial charge is 0.346 e. The van der Waals surface area contributed by atoms with E-state index in [1.54, 1.807) is 23.1 Å². The van der Waals surface area contributed by atoms with Crippen LogP contribution < -0.4 is 5.32 Å². The number of imidazole rings is 1. The number of hydrogen-bond acceptors (Lipinski definition) is 6. The lowest BCUT2D eigenvalue weighted by atomic mass is 10.2. The molecule has 5 rings (SSSR count). The van der Waals surface area contributed by atoms with Crippen LogP contribution in [0.2, 0.25) is 5.15 Å². The fraction of sp³-hybridized carbons (Fsp3) is 0. The monoisotopic (exact) mass is 362 g/mol. The zero-order valence-electron chi connectivity index (χ0n) is 13.3. The predicted molar refractivity (Wildman–Crippen MR) is 98.4 cm³/mol. The molecule has 5 aromatic rings. The van der Waals surface area contributed by atoms with Crippen LogP contribution in [0.15, 0.2) is 55.1 Å². The van der Waals surface area contributed by atoms with Gasteiger partial charge in [0.25, 0.3) is 0 Å². The molecular weight excluding hydrogens is 352 g/mol. The molecule has 0 atom stereocenters. The quantitative estimate of drug-likeness (QED) is 0.510. The van der Waals surface area contributed by atoms with E-state index in [1.807, 2.05) is 36.5 Å². The van der Waals surface area contributed by atoms with Gasteiger partial charge in [-0.3, -0.25) is 4.98 Å². The molecule has 0 aliphatic rings. The van der Waals surface area contributed by atoms with Crippen molar-refractivity contribution in [1.82, 2.24) is 34.5 Å². The molecule has 0 spiro atoms. The van der Waals surface area contributed by atoms with Crippen LogP contribution in [0.5, 0.6) is 0 Å². The number of aromatic nitrogens is 7. The zero-order chi connectivity index (χ0) is 17.5. The van der Waals surface area contributed by atoms with Gasteiger partial charge in [-0.05, 0) is 30.3 Å². The van der Waals surface area contributed by atoms with E-state index in [4.69, 9.17) is 11.6 Å². The molecule has 0 fully saturated rings. The molecule has 9 heteroatoms. The molecule has 5 aromatic heterocycles. The van der Waals surface area contributed by atoms with Gasteiger partial charge in [0.1, 0.15) is 17.0 Å². The highest BCUT2D eigenvalue weighted by atomic mass is 35.5. The lowest BCUT2D eigenvalue weighted by Gasteiger charge is -2.08. The number of H-pyrrole nitrogens is 1. The van der Waals surface area contributed by atoms with Crippen molar-refractivity contribution in [2.45, 2.75) is 0 Å². The highest BCUT2D eigenvalue weighted by Gasteiger charge is 2.14. The van der Waals surface area contributed by atoms with Crippen LogP contribution in [0.1, 0.15) is 0 Å². The van der Waals surface area contributed by atoms with E-state index in [1.165, 1.54) is 0 Å². The first kappa shape index (κ1) is 14.8. The lowest BCUT2D eigenvalue weighted by Crippen LogP contribution is -2.01. The average Bonchev–Trinajstić information content (AvgIpc) is 3.28. The van der Waals surface area contributed by atoms with Gasteiger partial charge in [0.15, 0.2) is 10.8 Å². The van der Waals surface area contributed by atoms with Crippen LogP contribution in [0.25, 0.3) is 28.1 Å². The van der Waals surface area contributed by atoms with Crippen molar-refractivity contribution in [2.75, 3.05) is 5.32 Å². The molecule has 0 bridgehead atoms. The average molecular weight is 363 g/mol. The Morgan fingerprint density at radius 2 is 1.92 bits per heavy atom. The van der Waals surface area contributed by atoms with E-state index in [9.17, 15) is 0 Å². The molecule has 126 valence electrons. The Morgan fingerprint density at radius 1 is 1.04 bits per heavy atom. The fourth-order valence-electron chi connectivity index (χ4n) is 2.73. The second-order valence-electron chi connectivity index (χ2n) is 5.57. The van der Waals surface area contributed by atoms with Crippen molar-refractivity contribution in [3.8, 4) is 11.4 Å². The minimum Gasteiger partial charge on any atom is -0.346 e. The van der Waals surface area contributed by atoms with Gasteiger partial charge < -0.3 is 10.3 Å². The molecule has 0 aliphatic heterocycles. The molecule has 0 saturated heterocycles. The highest BCUT2D eigenvalue weighted by molar-refractivity contribution is 6.29. The number of halogens is 1. The summed E-state index contributed by atoms with van der Waals surface area (Å²) in [5.41, 5.74) is 3.60. The Bertz CT molecular complexity index is 1230. The number of aromatic amines is 1. The van der Waals surface area contributed by atoms with Crippen LogP contribution in [0.3, 0.4) is 0 Å². The minimum atomic E-state index is 0.441. The summed E-state index contributed by atoms with van der Waals surface area (Å²) in [6.07, 6.45) is 6.79. The van der Waals surface area contributed by atoms with Gasteiger partial charge in [0, 0.05) is 29.7 Å². The maximum absolute atomic E-state index is 6.15. The summed E-state index contributed by atoms with van der Waals surface area (Å²) < 4.78 is 1.58. The molecule has 0 radical (unpaired) electrons. The maximum Gasteiger partial charge on any atom is 0.229 e. The third kappa shape index (κ3) is 2.44. The van der Waals surface area contributed by atoms with E-state index < -0.39 is 0 Å². The summed E-state index contributed by atoms with van der Waals surface area (Å²) in [6, 6.07) is 9.33. The molecule has 0 amide bonds. The molecule has 0 unspecified atom stereocenters. The van der Waals surface area contributed by atoms with E-state index in [-0.39, 0.29) is 0 Å². The minimum absolute atomic E-state index is 0.441. The van der Waals surface area contributed by atoms with Crippen molar-refractivity contribution in [3.63, 3.8) is 0 Å². The normalized spacial score (nSPS) is 11.3. The molecule has 2 N–H and O–H groups in total. The number of pyridine rings is 1. The lowest BCUT2D eigenvalue weighted by molar-refractivity contribution is 0.939. The SMILES string of the molecule is Clc1cnc2ccc(-c3nc(Nc4ccncc4)nc4[nH]ccc34)nn12. The first-order valence-corrected chi connectivity index (χ1v) is 8.18. The van der Waals surface area contributed by atoms with Crippen molar-refractivity contribution >= 4 is 39.9 Å². The Labute approximate surface area is 151 Å². The molecule has 0 aliphatic carbocycles. The highest BCUT2D eigenvalue weighted by Crippen LogP contribution is 2.27. The molecular formula is C17H11ClN8. The number of nitrogens with one attached hydrogen (secondary N) is 2. The second-order valence-corrected chi connectivity index (χ2v) is 5.95. The molecule has 0 saturated carbocycles. The number of hydrogen-bond donors (Lipinski definition) is 2. The summed E-state index contributed by atoms with van der Waals surface area (Å²) in [5.74, 6) is 0.458. The van der Waals surface area contributed by atoms with Gasteiger partial charge in [-0.25, -0.2) is 14.5 Å².